The molecular weight excluding hydrogens is 330 g/mol. The lowest BCUT2D eigenvalue weighted by Crippen LogP contribution is -2.26. The van der Waals surface area contributed by atoms with Crippen LogP contribution in [0, 0.1) is 0 Å². The molecule has 1 aliphatic heterocycles. The average molecular weight is 353 g/mol. The van der Waals surface area contributed by atoms with E-state index in [1.54, 1.807) is 24.3 Å². The lowest BCUT2D eigenvalue weighted by molar-refractivity contribution is 0.0992. The molecule has 0 radical (unpaired) electrons. The van der Waals surface area contributed by atoms with Crippen LogP contribution in [0.4, 0.5) is 11.5 Å². The second kappa shape index (κ2) is 6.52. The molecule has 1 aromatic heterocycles. The van der Waals surface area contributed by atoms with Crippen molar-refractivity contribution in [1.82, 2.24) is 4.98 Å². The van der Waals surface area contributed by atoms with Crippen molar-refractivity contribution in [1.29, 1.82) is 0 Å². The number of fused-ring (bicyclic) bond motifs is 1. The Bertz CT molecular complexity index is 846. The van der Waals surface area contributed by atoms with E-state index in [9.17, 15) is 4.79 Å². The first-order chi connectivity index (χ1) is 12.6. The number of benzene rings is 1. The van der Waals surface area contributed by atoms with Gasteiger partial charge in [-0.3, -0.25) is 4.79 Å². The summed E-state index contributed by atoms with van der Waals surface area (Å²) in [6.45, 7) is 1.99. The highest BCUT2D eigenvalue weighted by Crippen LogP contribution is 2.41. The van der Waals surface area contributed by atoms with Gasteiger partial charge in [0, 0.05) is 23.5 Å². The second-order valence-electron chi connectivity index (χ2n) is 6.91. The average Bonchev–Trinajstić information content (AvgIpc) is 3.22. The van der Waals surface area contributed by atoms with E-state index in [-0.39, 0.29) is 18.1 Å². The summed E-state index contributed by atoms with van der Waals surface area (Å²) in [5.74, 6) is 1.65. The number of amides is 1. The van der Waals surface area contributed by atoms with Gasteiger partial charge in [0.15, 0.2) is 11.5 Å². The first-order valence-corrected chi connectivity index (χ1v) is 9.02. The maximum absolute atomic E-state index is 12.9. The number of pyridine rings is 1. The molecule has 1 saturated carbocycles. The smallest absolute Gasteiger partial charge is 0.259 e. The van der Waals surface area contributed by atoms with Crippen molar-refractivity contribution >= 4 is 17.4 Å². The van der Waals surface area contributed by atoms with Crippen LogP contribution >= 0.6 is 0 Å². The van der Waals surface area contributed by atoms with Crippen LogP contribution in [0.1, 0.15) is 54.6 Å². The van der Waals surface area contributed by atoms with E-state index in [1.807, 2.05) is 25.1 Å². The summed E-state index contributed by atoms with van der Waals surface area (Å²) >= 11 is 0. The summed E-state index contributed by atoms with van der Waals surface area (Å²) in [7, 11) is 1.63. The molecule has 1 aromatic carbocycles. The van der Waals surface area contributed by atoms with Gasteiger partial charge < -0.3 is 20.1 Å². The summed E-state index contributed by atoms with van der Waals surface area (Å²) in [4.78, 5) is 18.8. The number of carbonyl (C=O) groups is 1. The minimum Gasteiger partial charge on any atom is -0.493 e. The fraction of sp³-hybridized carbons (Fsp3) is 0.400. The number of rotatable bonds is 4. The molecule has 1 atom stereocenters. The molecule has 6 nitrogen and oxygen atoms in total. The van der Waals surface area contributed by atoms with E-state index < -0.39 is 0 Å². The zero-order chi connectivity index (χ0) is 18.3. The first kappa shape index (κ1) is 16.7. The Labute approximate surface area is 152 Å². The lowest BCUT2D eigenvalue weighted by atomic mass is 10.1. The Hall–Kier alpha value is -2.76. The summed E-state index contributed by atoms with van der Waals surface area (Å²) in [5.41, 5.74) is 8.04. The fourth-order valence-corrected chi connectivity index (χ4v) is 3.88. The number of carbonyl (C=O) groups excluding carboxylic acids is 1. The van der Waals surface area contributed by atoms with E-state index in [2.05, 4.69) is 4.98 Å². The van der Waals surface area contributed by atoms with Gasteiger partial charge in [0.25, 0.3) is 5.91 Å². The monoisotopic (exact) mass is 353 g/mol. The van der Waals surface area contributed by atoms with Crippen molar-refractivity contribution in [3.8, 4) is 11.5 Å². The minimum absolute atomic E-state index is 0.0708. The van der Waals surface area contributed by atoms with Crippen molar-refractivity contribution < 1.29 is 14.3 Å². The second-order valence-corrected chi connectivity index (χ2v) is 6.91. The topological polar surface area (TPSA) is 77.7 Å². The predicted molar refractivity (Wildman–Crippen MR) is 99.8 cm³/mol. The zero-order valence-electron chi connectivity index (χ0n) is 15.1. The number of nitrogen functional groups attached to an aromatic ring is 1. The first-order valence-electron chi connectivity index (χ1n) is 9.02. The third-order valence-corrected chi connectivity index (χ3v) is 5.26. The largest absolute Gasteiger partial charge is 0.493 e. The number of aromatic nitrogens is 1. The normalized spacial score (nSPS) is 19.7. The quantitative estimate of drug-likeness (QED) is 0.906. The number of hydrogen-bond donors (Lipinski definition) is 1. The van der Waals surface area contributed by atoms with E-state index in [0.29, 0.717) is 22.9 Å². The molecule has 136 valence electrons. The molecule has 0 spiro atoms. The van der Waals surface area contributed by atoms with Gasteiger partial charge in [-0.25, -0.2) is 4.98 Å². The number of methoxy groups -OCH3 is 1. The van der Waals surface area contributed by atoms with Crippen LogP contribution in [0.5, 0.6) is 11.5 Å². The molecule has 1 fully saturated rings. The van der Waals surface area contributed by atoms with Crippen LogP contribution < -0.4 is 20.1 Å². The van der Waals surface area contributed by atoms with Crippen molar-refractivity contribution in [3.05, 3.63) is 41.6 Å². The SMILES string of the molecule is COc1ccc(N2C(=O)c3cc(N)ncc3C2C)cc1OC1CCCC1. The number of nitrogens with zero attached hydrogens (tertiary/aromatic N) is 2. The van der Waals surface area contributed by atoms with Gasteiger partial charge in [-0.2, -0.15) is 0 Å². The molecule has 6 heteroatoms. The van der Waals surface area contributed by atoms with Gasteiger partial charge in [-0.1, -0.05) is 0 Å². The molecule has 2 heterocycles. The standard InChI is InChI=1S/C20H23N3O3/c1-12-16-11-22-19(21)10-15(16)20(24)23(12)13-7-8-17(25-2)18(9-13)26-14-5-3-4-6-14/h7-12,14H,3-6H2,1-2H3,(H2,21,22). The number of ether oxygens (including phenoxy) is 2. The number of hydrogen-bond acceptors (Lipinski definition) is 5. The Kier molecular flexibility index (Phi) is 4.18. The van der Waals surface area contributed by atoms with Crippen LogP contribution in [0.3, 0.4) is 0 Å². The van der Waals surface area contributed by atoms with Crippen LogP contribution in [0.15, 0.2) is 30.5 Å². The minimum atomic E-state index is -0.113. The van der Waals surface area contributed by atoms with Crippen LogP contribution in [-0.2, 0) is 0 Å². The van der Waals surface area contributed by atoms with Crippen LogP contribution in [0.2, 0.25) is 0 Å². The van der Waals surface area contributed by atoms with Gasteiger partial charge in [0.1, 0.15) is 5.82 Å². The molecule has 1 aliphatic carbocycles. The Morgan fingerprint density at radius 3 is 2.69 bits per heavy atom. The van der Waals surface area contributed by atoms with Crippen molar-refractivity contribution in [3.63, 3.8) is 0 Å². The summed E-state index contributed by atoms with van der Waals surface area (Å²) < 4.78 is 11.6. The summed E-state index contributed by atoms with van der Waals surface area (Å²) in [6.07, 6.45) is 6.40. The number of nitrogens with two attached hydrogens (primary N) is 1. The Morgan fingerprint density at radius 1 is 1.19 bits per heavy atom. The molecule has 2 aromatic rings. The van der Waals surface area contributed by atoms with Crippen molar-refractivity contribution in [2.45, 2.75) is 44.8 Å². The van der Waals surface area contributed by atoms with E-state index in [4.69, 9.17) is 15.2 Å². The molecular formula is C20H23N3O3. The molecule has 26 heavy (non-hydrogen) atoms. The third-order valence-electron chi connectivity index (χ3n) is 5.26. The van der Waals surface area contributed by atoms with Gasteiger partial charge in [-0.05, 0) is 50.8 Å². The van der Waals surface area contributed by atoms with Crippen molar-refractivity contribution in [2.24, 2.45) is 0 Å². The van der Waals surface area contributed by atoms with E-state index >= 15 is 0 Å². The fourth-order valence-electron chi connectivity index (χ4n) is 3.88. The van der Waals surface area contributed by atoms with Gasteiger partial charge in [0.2, 0.25) is 0 Å². The highest BCUT2D eigenvalue weighted by Gasteiger charge is 2.36. The van der Waals surface area contributed by atoms with E-state index in [0.717, 1.165) is 24.1 Å². The zero-order valence-corrected chi connectivity index (χ0v) is 15.1. The maximum atomic E-state index is 12.9. The highest BCUT2D eigenvalue weighted by atomic mass is 16.5. The highest BCUT2D eigenvalue weighted by molar-refractivity contribution is 6.11. The maximum Gasteiger partial charge on any atom is 0.259 e. The van der Waals surface area contributed by atoms with Crippen LogP contribution in [0.25, 0.3) is 0 Å². The summed E-state index contributed by atoms with van der Waals surface area (Å²) in [6, 6.07) is 7.17. The van der Waals surface area contributed by atoms with Gasteiger partial charge in [-0.15, -0.1) is 0 Å². The van der Waals surface area contributed by atoms with E-state index in [1.165, 1.54) is 12.8 Å². The predicted octanol–water partition coefficient (Wildman–Crippen LogP) is 3.72. The molecule has 1 unspecified atom stereocenters. The molecule has 0 saturated heterocycles. The van der Waals surface area contributed by atoms with Gasteiger partial charge >= 0.3 is 0 Å². The van der Waals surface area contributed by atoms with Crippen LogP contribution in [-0.4, -0.2) is 24.1 Å². The third kappa shape index (κ3) is 2.75. The number of anilines is 2. The van der Waals surface area contributed by atoms with Crippen molar-refractivity contribution in [2.75, 3.05) is 17.7 Å². The lowest BCUT2D eigenvalue weighted by Gasteiger charge is -2.24. The Morgan fingerprint density at radius 2 is 1.96 bits per heavy atom. The summed E-state index contributed by atoms with van der Waals surface area (Å²) in [5, 5.41) is 0. The molecule has 2 aliphatic rings. The molecule has 4 rings (SSSR count). The molecule has 1 amide bonds. The van der Waals surface area contributed by atoms with Gasteiger partial charge in [0.05, 0.1) is 24.8 Å². The molecule has 2 N–H and O–H groups in total. The Balaban J connectivity index is 1.68. The molecule has 0 bridgehead atoms.